The van der Waals surface area contributed by atoms with Gasteiger partial charge in [-0.3, -0.25) is 4.98 Å². The number of rotatable bonds is 6. The minimum atomic E-state index is 0.649. The molecule has 1 atom stereocenters. The fourth-order valence-corrected chi connectivity index (χ4v) is 2.94. The molecule has 0 bridgehead atoms. The van der Waals surface area contributed by atoms with Crippen molar-refractivity contribution < 1.29 is 0 Å². The van der Waals surface area contributed by atoms with Crippen molar-refractivity contribution in [3.63, 3.8) is 0 Å². The molecule has 118 valence electrons. The Morgan fingerprint density at radius 1 is 1.43 bits per heavy atom. The Morgan fingerprint density at radius 3 is 2.95 bits per heavy atom. The number of aromatic nitrogens is 1. The molecule has 0 saturated carbocycles. The zero-order valence-corrected chi connectivity index (χ0v) is 14.0. The summed E-state index contributed by atoms with van der Waals surface area (Å²) in [6, 6.07) is 2.80. The van der Waals surface area contributed by atoms with Crippen LogP contribution in [-0.4, -0.2) is 49.7 Å². The van der Waals surface area contributed by atoms with Crippen LogP contribution in [0, 0.1) is 5.92 Å². The molecule has 0 amide bonds. The van der Waals surface area contributed by atoms with Crippen LogP contribution in [0.2, 0.25) is 0 Å². The molecular weight excluding hydrogens is 260 g/mol. The number of hydrogen-bond donors (Lipinski definition) is 1. The highest BCUT2D eigenvalue weighted by Crippen LogP contribution is 2.24. The Labute approximate surface area is 129 Å². The van der Waals surface area contributed by atoms with Crippen molar-refractivity contribution in [3.05, 3.63) is 24.0 Å². The van der Waals surface area contributed by atoms with Crippen LogP contribution in [0.4, 0.5) is 5.69 Å². The number of likely N-dealkylation sites (N-methyl/N-ethyl adjacent to an activating group) is 1. The predicted molar refractivity (Wildman–Crippen MR) is 89.7 cm³/mol. The third-order valence-electron chi connectivity index (χ3n) is 4.22. The van der Waals surface area contributed by atoms with Gasteiger partial charge in [0, 0.05) is 31.9 Å². The van der Waals surface area contributed by atoms with E-state index < -0.39 is 0 Å². The highest BCUT2D eigenvalue weighted by atomic mass is 15.2. The Hall–Kier alpha value is -1.13. The van der Waals surface area contributed by atoms with E-state index in [2.05, 4.69) is 54.1 Å². The number of pyridine rings is 1. The maximum Gasteiger partial charge on any atom is 0.0598 e. The smallest absolute Gasteiger partial charge is 0.0598 e. The molecule has 1 aliphatic rings. The van der Waals surface area contributed by atoms with Crippen LogP contribution >= 0.6 is 0 Å². The SMILES string of the molecule is CC(C)CNCc1ccncc1N1CCCC(N(C)C)C1. The number of hydrogen-bond acceptors (Lipinski definition) is 4. The largest absolute Gasteiger partial charge is 0.368 e. The molecule has 1 N–H and O–H groups in total. The van der Waals surface area contributed by atoms with Crippen molar-refractivity contribution in [2.45, 2.75) is 39.3 Å². The first-order valence-corrected chi connectivity index (χ1v) is 8.13. The van der Waals surface area contributed by atoms with E-state index in [-0.39, 0.29) is 0 Å². The van der Waals surface area contributed by atoms with E-state index in [0.29, 0.717) is 12.0 Å². The average molecular weight is 290 g/mol. The van der Waals surface area contributed by atoms with Gasteiger partial charge < -0.3 is 15.1 Å². The zero-order chi connectivity index (χ0) is 15.2. The second-order valence-electron chi connectivity index (χ2n) is 6.73. The van der Waals surface area contributed by atoms with Gasteiger partial charge in [0.1, 0.15) is 0 Å². The summed E-state index contributed by atoms with van der Waals surface area (Å²) < 4.78 is 0. The maximum atomic E-state index is 4.35. The van der Waals surface area contributed by atoms with Gasteiger partial charge in [0.2, 0.25) is 0 Å². The topological polar surface area (TPSA) is 31.4 Å². The van der Waals surface area contributed by atoms with Crippen molar-refractivity contribution in [2.75, 3.05) is 38.6 Å². The molecule has 1 aromatic heterocycles. The van der Waals surface area contributed by atoms with Gasteiger partial charge in [0.05, 0.1) is 11.9 Å². The molecule has 1 aromatic rings. The molecule has 0 aliphatic carbocycles. The molecule has 1 aliphatic heterocycles. The zero-order valence-electron chi connectivity index (χ0n) is 14.0. The van der Waals surface area contributed by atoms with Crippen molar-refractivity contribution in [2.24, 2.45) is 5.92 Å². The van der Waals surface area contributed by atoms with Crippen LogP contribution < -0.4 is 10.2 Å². The first-order valence-electron chi connectivity index (χ1n) is 8.13. The van der Waals surface area contributed by atoms with E-state index in [4.69, 9.17) is 0 Å². The summed E-state index contributed by atoms with van der Waals surface area (Å²) in [5.41, 5.74) is 2.67. The standard InChI is InChI=1S/C17H30N4/c1-14(2)10-19-11-15-7-8-18-12-17(15)21-9-5-6-16(13-21)20(3)4/h7-8,12,14,16,19H,5-6,9-11,13H2,1-4H3. The summed E-state index contributed by atoms with van der Waals surface area (Å²) in [5, 5.41) is 3.55. The lowest BCUT2D eigenvalue weighted by molar-refractivity contribution is 0.258. The Kier molecular flexibility index (Phi) is 6.00. The van der Waals surface area contributed by atoms with E-state index in [9.17, 15) is 0 Å². The van der Waals surface area contributed by atoms with Gasteiger partial charge in [-0.2, -0.15) is 0 Å². The number of anilines is 1. The predicted octanol–water partition coefficient (Wildman–Crippen LogP) is 2.36. The van der Waals surface area contributed by atoms with Crippen molar-refractivity contribution in [1.82, 2.24) is 15.2 Å². The third kappa shape index (κ3) is 4.68. The Bertz CT molecular complexity index is 431. The van der Waals surface area contributed by atoms with Crippen molar-refractivity contribution >= 4 is 5.69 Å². The normalized spacial score (nSPS) is 19.5. The van der Waals surface area contributed by atoms with Gasteiger partial charge in [-0.25, -0.2) is 0 Å². The van der Waals surface area contributed by atoms with Crippen LogP contribution in [0.15, 0.2) is 18.5 Å². The van der Waals surface area contributed by atoms with Gasteiger partial charge >= 0.3 is 0 Å². The quantitative estimate of drug-likeness (QED) is 0.871. The number of piperidine rings is 1. The average Bonchev–Trinajstić information content (AvgIpc) is 2.47. The van der Waals surface area contributed by atoms with Crippen molar-refractivity contribution in [3.8, 4) is 0 Å². The molecule has 0 aromatic carbocycles. The maximum absolute atomic E-state index is 4.35. The second-order valence-corrected chi connectivity index (χ2v) is 6.73. The molecule has 1 unspecified atom stereocenters. The molecule has 21 heavy (non-hydrogen) atoms. The first-order chi connectivity index (χ1) is 10.1. The highest BCUT2D eigenvalue weighted by molar-refractivity contribution is 5.52. The molecule has 0 radical (unpaired) electrons. The summed E-state index contributed by atoms with van der Waals surface area (Å²) in [4.78, 5) is 9.20. The summed E-state index contributed by atoms with van der Waals surface area (Å²) >= 11 is 0. The summed E-state index contributed by atoms with van der Waals surface area (Å²) in [7, 11) is 4.37. The summed E-state index contributed by atoms with van der Waals surface area (Å²) in [5.74, 6) is 0.684. The lowest BCUT2D eigenvalue weighted by atomic mass is 10.0. The van der Waals surface area contributed by atoms with E-state index in [1.165, 1.54) is 24.1 Å². The minimum absolute atomic E-state index is 0.649. The highest BCUT2D eigenvalue weighted by Gasteiger charge is 2.23. The van der Waals surface area contributed by atoms with Gasteiger partial charge in [-0.1, -0.05) is 13.8 Å². The van der Waals surface area contributed by atoms with E-state index in [1.807, 2.05) is 12.4 Å². The summed E-state index contributed by atoms with van der Waals surface area (Å²) in [6.07, 6.45) is 6.50. The molecule has 2 rings (SSSR count). The molecular formula is C17H30N4. The molecule has 1 saturated heterocycles. The molecule has 1 fully saturated rings. The lowest BCUT2D eigenvalue weighted by Gasteiger charge is -2.38. The van der Waals surface area contributed by atoms with E-state index in [0.717, 1.165) is 26.2 Å². The summed E-state index contributed by atoms with van der Waals surface area (Å²) in [6.45, 7) is 8.73. The van der Waals surface area contributed by atoms with Crippen LogP contribution in [0.1, 0.15) is 32.3 Å². The molecule has 4 heteroatoms. The van der Waals surface area contributed by atoms with E-state index >= 15 is 0 Å². The first kappa shape index (κ1) is 16.2. The second kappa shape index (κ2) is 7.76. The van der Waals surface area contributed by atoms with Crippen LogP contribution in [0.3, 0.4) is 0 Å². The van der Waals surface area contributed by atoms with Gasteiger partial charge in [-0.05, 0) is 51.0 Å². The Balaban J connectivity index is 2.04. The van der Waals surface area contributed by atoms with Gasteiger partial charge in [0.25, 0.3) is 0 Å². The van der Waals surface area contributed by atoms with Gasteiger partial charge in [0.15, 0.2) is 0 Å². The molecule has 0 spiro atoms. The van der Waals surface area contributed by atoms with Crippen LogP contribution in [0.25, 0.3) is 0 Å². The monoisotopic (exact) mass is 290 g/mol. The molecule has 2 heterocycles. The fourth-order valence-electron chi connectivity index (χ4n) is 2.94. The lowest BCUT2D eigenvalue weighted by Crippen LogP contribution is -2.45. The third-order valence-corrected chi connectivity index (χ3v) is 4.22. The van der Waals surface area contributed by atoms with Crippen LogP contribution in [-0.2, 0) is 6.54 Å². The van der Waals surface area contributed by atoms with Gasteiger partial charge in [-0.15, -0.1) is 0 Å². The van der Waals surface area contributed by atoms with Crippen molar-refractivity contribution in [1.29, 1.82) is 0 Å². The minimum Gasteiger partial charge on any atom is -0.368 e. The number of nitrogens with zero attached hydrogens (tertiary/aromatic N) is 3. The van der Waals surface area contributed by atoms with Crippen LogP contribution in [0.5, 0.6) is 0 Å². The number of nitrogens with one attached hydrogen (secondary N) is 1. The Morgan fingerprint density at radius 2 is 2.24 bits per heavy atom. The van der Waals surface area contributed by atoms with E-state index in [1.54, 1.807) is 0 Å². The molecule has 4 nitrogen and oxygen atoms in total. The fraction of sp³-hybridized carbons (Fsp3) is 0.706.